The van der Waals surface area contributed by atoms with Gasteiger partial charge in [0.25, 0.3) is 0 Å². The van der Waals surface area contributed by atoms with Crippen LogP contribution in [0.3, 0.4) is 0 Å². The molecule has 0 radical (unpaired) electrons. The third kappa shape index (κ3) is 4.40. The van der Waals surface area contributed by atoms with Crippen molar-refractivity contribution in [3.8, 4) is 0 Å². The van der Waals surface area contributed by atoms with Gasteiger partial charge in [0.2, 0.25) is 0 Å². The molecular weight excluding hydrogens is 178 g/mol. The van der Waals surface area contributed by atoms with Crippen molar-refractivity contribution in [1.29, 1.82) is 0 Å². The van der Waals surface area contributed by atoms with Gasteiger partial charge in [-0.25, -0.2) is 0 Å². The first-order valence-corrected chi connectivity index (χ1v) is 5.68. The van der Waals surface area contributed by atoms with Crippen LogP contribution in [-0.4, -0.2) is 39.0 Å². The van der Waals surface area contributed by atoms with Crippen LogP contribution in [0.1, 0.15) is 32.6 Å². The van der Waals surface area contributed by atoms with E-state index in [0.29, 0.717) is 12.1 Å². The number of methoxy groups -OCH3 is 1. The van der Waals surface area contributed by atoms with E-state index in [4.69, 9.17) is 9.47 Å². The molecule has 0 aromatic carbocycles. The Morgan fingerprint density at radius 1 is 1.29 bits per heavy atom. The van der Waals surface area contributed by atoms with Crippen LogP contribution in [0, 0.1) is 0 Å². The van der Waals surface area contributed by atoms with Crippen LogP contribution in [0.5, 0.6) is 0 Å². The third-order valence-corrected chi connectivity index (χ3v) is 2.76. The van der Waals surface area contributed by atoms with E-state index in [1.165, 1.54) is 12.8 Å². The monoisotopic (exact) mass is 201 g/mol. The Morgan fingerprint density at radius 2 is 2.07 bits per heavy atom. The molecule has 2 atom stereocenters. The second-order valence-electron chi connectivity index (χ2n) is 3.99. The molecule has 1 rings (SSSR count). The molecule has 1 fully saturated rings. The van der Waals surface area contributed by atoms with Crippen molar-refractivity contribution in [2.24, 2.45) is 0 Å². The average molecular weight is 201 g/mol. The number of hydrogen-bond acceptors (Lipinski definition) is 3. The summed E-state index contributed by atoms with van der Waals surface area (Å²) in [5.41, 5.74) is 0. The summed E-state index contributed by atoms with van der Waals surface area (Å²) in [6.07, 6.45) is 5.08. The van der Waals surface area contributed by atoms with Gasteiger partial charge in [-0.1, -0.05) is 0 Å². The molecule has 1 aliphatic heterocycles. The van der Waals surface area contributed by atoms with Crippen LogP contribution in [0.2, 0.25) is 0 Å². The molecule has 0 spiro atoms. The molecule has 14 heavy (non-hydrogen) atoms. The molecule has 0 bridgehead atoms. The second kappa shape index (κ2) is 7.21. The van der Waals surface area contributed by atoms with Crippen molar-refractivity contribution >= 4 is 0 Å². The van der Waals surface area contributed by atoms with Gasteiger partial charge in [-0.05, 0) is 39.2 Å². The summed E-state index contributed by atoms with van der Waals surface area (Å²) in [6.45, 7) is 5.07. The number of piperidine rings is 1. The van der Waals surface area contributed by atoms with Crippen molar-refractivity contribution in [1.82, 2.24) is 5.32 Å². The zero-order chi connectivity index (χ0) is 10.2. The minimum absolute atomic E-state index is 0.422. The maximum absolute atomic E-state index is 5.82. The molecule has 3 heteroatoms. The summed E-state index contributed by atoms with van der Waals surface area (Å²) in [5, 5.41) is 3.43. The summed E-state index contributed by atoms with van der Waals surface area (Å²) >= 11 is 0. The van der Waals surface area contributed by atoms with Crippen molar-refractivity contribution in [3.05, 3.63) is 0 Å². The lowest BCUT2D eigenvalue weighted by Gasteiger charge is -2.29. The van der Waals surface area contributed by atoms with Crippen molar-refractivity contribution in [3.63, 3.8) is 0 Å². The van der Waals surface area contributed by atoms with E-state index in [0.717, 1.165) is 32.6 Å². The van der Waals surface area contributed by atoms with Gasteiger partial charge >= 0.3 is 0 Å². The highest BCUT2D eigenvalue weighted by Crippen LogP contribution is 2.12. The highest BCUT2D eigenvalue weighted by atomic mass is 16.5. The standard InChI is InChI=1S/C11H23NO2/c1-10-11(6-5-7-12-10)14-9-4-3-8-13-2/h10-12H,3-9H2,1-2H3. The highest BCUT2D eigenvalue weighted by molar-refractivity contribution is 4.77. The minimum atomic E-state index is 0.422. The number of nitrogens with one attached hydrogen (secondary N) is 1. The fourth-order valence-electron chi connectivity index (χ4n) is 1.83. The summed E-state index contributed by atoms with van der Waals surface area (Å²) in [7, 11) is 1.74. The zero-order valence-corrected chi connectivity index (χ0v) is 9.42. The first kappa shape index (κ1) is 12.0. The topological polar surface area (TPSA) is 30.5 Å². The maximum Gasteiger partial charge on any atom is 0.0725 e. The molecular formula is C11H23NO2. The SMILES string of the molecule is COCCCCOC1CCCNC1C. The van der Waals surface area contributed by atoms with Crippen LogP contribution in [0.25, 0.3) is 0 Å². The van der Waals surface area contributed by atoms with E-state index in [1.807, 2.05) is 0 Å². The molecule has 0 amide bonds. The first-order chi connectivity index (χ1) is 6.84. The molecule has 3 nitrogen and oxygen atoms in total. The van der Waals surface area contributed by atoms with E-state index in [1.54, 1.807) is 7.11 Å². The smallest absolute Gasteiger partial charge is 0.0725 e. The van der Waals surface area contributed by atoms with Gasteiger partial charge in [0.05, 0.1) is 6.10 Å². The van der Waals surface area contributed by atoms with Crippen LogP contribution in [0.15, 0.2) is 0 Å². The molecule has 2 unspecified atom stereocenters. The largest absolute Gasteiger partial charge is 0.385 e. The average Bonchev–Trinajstić information content (AvgIpc) is 2.20. The van der Waals surface area contributed by atoms with E-state index in [-0.39, 0.29) is 0 Å². The van der Waals surface area contributed by atoms with E-state index in [9.17, 15) is 0 Å². The van der Waals surface area contributed by atoms with Crippen molar-refractivity contribution in [2.75, 3.05) is 26.9 Å². The van der Waals surface area contributed by atoms with Crippen molar-refractivity contribution < 1.29 is 9.47 Å². The molecule has 0 aliphatic carbocycles. The quantitative estimate of drug-likeness (QED) is 0.662. The number of ether oxygens (including phenoxy) is 2. The maximum atomic E-state index is 5.82. The lowest BCUT2D eigenvalue weighted by atomic mass is 10.0. The van der Waals surface area contributed by atoms with Crippen LogP contribution < -0.4 is 5.32 Å². The first-order valence-electron chi connectivity index (χ1n) is 5.68. The van der Waals surface area contributed by atoms with E-state index < -0.39 is 0 Å². The summed E-state index contributed by atoms with van der Waals surface area (Å²) < 4.78 is 10.8. The predicted octanol–water partition coefficient (Wildman–Crippen LogP) is 1.57. The lowest BCUT2D eigenvalue weighted by Crippen LogP contribution is -2.44. The fourth-order valence-corrected chi connectivity index (χ4v) is 1.83. The molecule has 1 saturated heterocycles. The normalized spacial score (nSPS) is 27.9. The zero-order valence-electron chi connectivity index (χ0n) is 9.42. The fraction of sp³-hybridized carbons (Fsp3) is 1.00. The molecule has 1 N–H and O–H groups in total. The van der Waals surface area contributed by atoms with Gasteiger partial charge in [-0.15, -0.1) is 0 Å². The number of unbranched alkanes of at least 4 members (excludes halogenated alkanes) is 1. The Kier molecular flexibility index (Phi) is 6.15. The molecule has 84 valence electrons. The Hall–Kier alpha value is -0.120. The van der Waals surface area contributed by atoms with Gasteiger partial charge < -0.3 is 14.8 Å². The Bertz CT molecular complexity index is 141. The third-order valence-electron chi connectivity index (χ3n) is 2.76. The van der Waals surface area contributed by atoms with E-state index in [2.05, 4.69) is 12.2 Å². The molecule has 0 aromatic heterocycles. The van der Waals surface area contributed by atoms with Gasteiger partial charge in [0, 0.05) is 26.4 Å². The van der Waals surface area contributed by atoms with Gasteiger partial charge in [0.15, 0.2) is 0 Å². The molecule has 0 saturated carbocycles. The second-order valence-corrected chi connectivity index (χ2v) is 3.99. The summed E-state index contributed by atoms with van der Waals surface area (Å²) in [6, 6.07) is 0.520. The van der Waals surface area contributed by atoms with Gasteiger partial charge in [0.1, 0.15) is 0 Å². The van der Waals surface area contributed by atoms with E-state index >= 15 is 0 Å². The summed E-state index contributed by atoms with van der Waals surface area (Å²) in [5.74, 6) is 0. The Morgan fingerprint density at radius 3 is 2.79 bits per heavy atom. The van der Waals surface area contributed by atoms with Gasteiger partial charge in [-0.2, -0.15) is 0 Å². The van der Waals surface area contributed by atoms with Crippen molar-refractivity contribution in [2.45, 2.75) is 44.8 Å². The Balaban J connectivity index is 1.99. The van der Waals surface area contributed by atoms with Gasteiger partial charge in [-0.3, -0.25) is 0 Å². The number of rotatable bonds is 6. The molecule has 1 aliphatic rings. The summed E-state index contributed by atoms with van der Waals surface area (Å²) in [4.78, 5) is 0. The van der Waals surface area contributed by atoms with Crippen LogP contribution in [0.4, 0.5) is 0 Å². The Labute approximate surface area is 87.2 Å². The highest BCUT2D eigenvalue weighted by Gasteiger charge is 2.20. The number of hydrogen-bond donors (Lipinski definition) is 1. The minimum Gasteiger partial charge on any atom is -0.385 e. The molecule has 1 heterocycles. The van der Waals surface area contributed by atoms with Crippen LogP contribution in [-0.2, 0) is 9.47 Å². The molecule has 0 aromatic rings. The van der Waals surface area contributed by atoms with Crippen LogP contribution >= 0.6 is 0 Å². The predicted molar refractivity (Wildman–Crippen MR) is 57.5 cm³/mol. The lowest BCUT2D eigenvalue weighted by molar-refractivity contribution is 0.00897.